The van der Waals surface area contributed by atoms with Crippen molar-refractivity contribution in [1.29, 1.82) is 0 Å². The summed E-state index contributed by atoms with van der Waals surface area (Å²) >= 11 is 1.90. The maximum absolute atomic E-state index is 13.5. The highest BCUT2D eigenvalue weighted by molar-refractivity contribution is 8.00. The van der Waals surface area contributed by atoms with Gasteiger partial charge in [-0.15, -0.1) is 0 Å². The third-order valence-corrected chi connectivity index (χ3v) is 15.9. The van der Waals surface area contributed by atoms with E-state index in [1.807, 2.05) is 82.0 Å². The number of nitrogens with two attached hydrogens (primary N) is 1. The van der Waals surface area contributed by atoms with Crippen molar-refractivity contribution in [2.24, 2.45) is 0 Å². The van der Waals surface area contributed by atoms with Crippen molar-refractivity contribution in [3.05, 3.63) is 73.1 Å². The lowest BCUT2D eigenvalue weighted by Gasteiger charge is -2.34. The normalized spacial score (nSPS) is 20.1. The highest BCUT2D eigenvalue weighted by Crippen LogP contribution is 2.36. The maximum atomic E-state index is 13.5. The lowest BCUT2D eigenvalue weighted by atomic mass is 10.0. The first-order chi connectivity index (χ1) is 36.2. The van der Waals surface area contributed by atoms with Crippen LogP contribution in [0.5, 0.6) is 11.5 Å². The number of amides is 6. The largest absolute Gasteiger partial charge is 0.457 e. The molecule has 6 heterocycles. The van der Waals surface area contributed by atoms with Gasteiger partial charge in [0.15, 0.2) is 5.65 Å². The zero-order chi connectivity index (χ0) is 51.5. The first kappa shape index (κ1) is 54.0. The van der Waals surface area contributed by atoms with Gasteiger partial charge in [0.05, 0.1) is 23.5 Å². The molecule has 8 rings (SSSR count). The molecule has 0 bridgehead atoms. The summed E-state index contributed by atoms with van der Waals surface area (Å²) in [6.45, 7) is 8.14. The summed E-state index contributed by atoms with van der Waals surface area (Å²) in [6.07, 6.45) is 16.2. The Hall–Kier alpha value is -6.25. The Morgan fingerprint density at radius 3 is 2.14 bits per heavy atom. The lowest BCUT2D eigenvalue weighted by molar-refractivity contribution is -0.127. The number of para-hydroxylation sites is 1. The Balaban J connectivity index is 0.623. The van der Waals surface area contributed by atoms with Crippen LogP contribution in [-0.2, 0) is 19.2 Å². The fourth-order valence-corrected chi connectivity index (χ4v) is 11.8. The number of rotatable bonds is 27. The predicted octanol–water partition coefficient (Wildman–Crippen LogP) is 5.40. The van der Waals surface area contributed by atoms with E-state index in [2.05, 4.69) is 46.4 Å². The lowest BCUT2D eigenvalue weighted by Crippen LogP contribution is -2.48. The second-order valence-corrected chi connectivity index (χ2v) is 21.1. The van der Waals surface area contributed by atoms with E-state index in [9.17, 15) is 24.0 Å². The summed E-state index contributed by atoms with van der Waals surface area (Å²) in [5, 5.41) is 21.2. The van der Waals surface area contributed by atoms with E-state index < -0.39 is 0 Å². The second-order valence-electron chi connectivity index (χ2n) is 19.9. The number of urea groups is 1. The summed E-state index contributed by atoms with van der Waals surface area (Å²) in [4.78, 5) is 77.5. The molecule has 4 atom stereocenters. The van der Waals surface area contributed by atoms with Crippen molar-refractivity contribution >= 4 is 58.3 Å². The quantitative estimate of drug-likeness (QED) is 0.0250. The van der Waals surface area contributed by atoms with Gasteiger partial charge in [-0.25, -0.2) is 19.4 Å². The number of nitrogens with zero attached hydrogens (tertiary/aromatic N) is 7. The molecule has 74 heavy (non-hydrogen) atoms. The number of nitrogen functional groups attached to an aromatic ring is 1. The Labute approximate surface area is 438 Å². The number of benzene rings is 2. The van der Waals surface area contributed by atoms with E-state index in [1.165, 1.54) is 6.33 Å². The summed E-state index contributed by atoms with van der Waals surface area (Å²) in [5.74, 6) is 2.96. The zero-order valence-corrected chi connectivity index (χ0v) is 43.5. The van der Waals surface area contributed by atoms with E-state index in [1.54, 1.807) is 6.08 Å². The van der Waals surface area contributed by atoms with Crippen LogP contribution in [-0.4, -0.2) is 159 Å². The third kappa shape index (κ3) is 15.9. The molecule has 4 aromatic rings. The van der Waals surface area contributed by atoms with Gasteiger partial charge in [-0.2, -0.15) is 16.9 Å². The number of unbranched alkanes of at least 4 members (excludes halogenated alkanes) is 5. The van der Waals surface area contributed by atoms with Crippen LogP contribution in [0.1, 0.15) is 95.9 Å². The molecule has 398 valence electrons. The molecule has 2 aromatic heterocycles. The number of hydrogen-bond donors (Lipinski definition) is 6. The molecule has 7 N–H and O–H groups in total. The molecule has 4 aliphatic rings. The van der Waals surface area contributed by atoms with Crippen LogP contribution in [0.3, 0.4) is 0 Å². The topological polar surface area (TPSA) is 234 Å². The Morgan fingerprint density at radius 1 is 0.757 bits per heavy atom. The molecule has 6 amide bonds. The van der Waals surface area contributed by atoms with Crippen LogP contribution in [0.4, 0.5) is 10.6 Å². The molecule has 0 radical (unpaired) electrons. The van der Waals surface area contributed by atoms with Crippen molar-refractivity contribution in [3.8, 4) is 22.8 Å². The van der Waals surface area contributed by atoms with Gasteiger partial charge in [0.25, 0.3) is 0 Å². The molecule has 4 fully saturated rings. The Morgan fingerprint density at radius 2 is 1.42 bits per heavy atom. The van der Waals surface area contributed by atoms with Gasteiger partial charge in [-0.1, -0.05) is 43.5 Å². The average molecular weight is 1030 g/mol. The first-order valence-electron chi connectivity index (χ1n) is 26.9. The first-order valence-corrected chi connectivity index (χ1v) is 27.9. The molecule has 19 nitrogen and oxygen atoms in total. The fourth-order valence-electron chi connectivity index (χ4n) is 10.2. The monoisotopic (exact) mass is 1030 g/mol. The van der Waals surface area contributed by atoms with Crippen LogP contribution in [0.2, 0.25) is 0 Å². The fraction of sp³-hybridized carbons (Fsp3) is 0.556. The predicted molar refractivity (Wildman–Crippen MR) is 288 cm³/mol. The minimum absolute atomic E-state index is 0.00861. The molecule has 0 saturated carbocycles. The van der Waals surface area contributed by atoms with Gasteiger partial charge < -0.3 is 42.0 Å². The van der Waals surface area contributed by atoms with E-state index in [4.69, 9.17) is 15.6 Å². The number of piperidine rings is 1. The number of piperazine rings is 1. The van der Waals surface area contributed by atoms with Crippen LogP contribution in [0.15, 0.2) is 73.1 Å². The SMILES string of the molecule is Nc1ncnc2c1c(-c1ccc(Oc3ccccc3)cc1)nn2[C@@H]1CCCN(C(=O)C=CCN2CCN(CCNC(=O)CCCCCNC(=O)CCCCCNC(=O)CCCCC3SCC4NC(=O)NC43)CC2)C1. The van der Waals surface area contributed by atoms with Crippen LogP contribution >= 0.6 is 11.8 Å². The number of ether oxygens (including phenoxy) is 1. The van der Waals surface area contributed by atoms with E-state index in [-0.39, 0.29) is 47.8 Å². The van der Waals surface area contributed by atoms with Gasteiger partial charge in [-0.05, 0) is 87.8 Å². The number of nitrogens with one attached hydrogen (secondary N) is 5. The maximum Gasteiger partial charge on any atom is 0.315 e. The van der Waals surface area contributed by atoms with Crippen LogP contribution in [0.25, 0.3) is 22.3 Å². The summed E-state index contributed by atoms with van der Waals surface area (Å²) < 4.78 is 7.92. The average Bonchev–Trinajstić information content (AvgIpc) is 4.12. The summed E-state index contributed by atoms with van der Waals surface area (Å²) in [5.41, 5.74) is 8.64. The van der Waals surface area contributed by atoms with Crippen LogP contribution < -0.4 is 37.1 Å². The molecule has 20 heteroatoms. The highest BCUT2D eigenvalue weighted by atomic mass is 32.2. The van der Waals surface area contributed by atoms with Crippen molar-refractivity contribution in [2.45, 2.75) is 113 Å². The smallest absolute Gasteiger partial charge is 0.315 e. The summed E-state index contributed by atoms with van der Waals surface area (Å²) in [6, 6.07) is 17.7. The van der Waals surface area contributed by atoms with Crippen molar-refractivity contribution < 1.29 is 28.7 Å². The van der Waals surface area contributed by atoms with Crippen molar-refractivity contribution in [1.82, 2.24) is 61.0 Å². The molecule has 3 unspecified atom stereocenters. The van der Waals surface area contributed by atoms with Gasteiger partial charge >= 0.3 is 6.03 Å². The molecule has 0 spiro atoms. The second kappa shape index (κ2) is 27.9. The molecule has 4 saturated heterocycles. The number of carbonyl (C=O) groups excluding carboxylic acids is 5. The van der Waals surface area contributed by atoms with E-state index in [0.717, 1.165) is 120 Å². The summed E-state index contributed by atoms with van der Waals surface area (Å²) in [7, 11) is 0. The minimum Gasteiger partial charge on any atom is -0.457 e. The van der Waals surface area contributed by atoms with Gasteiger partial charge in [0, 0.05) is 114 Å². The minimum atomic E-state index is -0.0697. The van der Waals surface area contributed by atoms with Gasteiger partial charge in [0.2, 0.25) is 23.6 Å². The van der Waals surface area contributed by atoms with E-state index >= 15 is 0 Å². The molecule has 4 aliphatic heterocycles. The highest BCUT2D eigenvalue weighted by Gasteiger charge is 2.42. The number of likely N-dealkylation sites (tertiary alicyclic amines) is 1. The number of thioether (sulfide) groups is 1. The third-order valence-electron chi connectivity index (χ3n) is 14.4. The van der Waals surface area contributed by atoms with Gasteiger partial charge in [0.1, 0.15) is 29.3 Å². The van der Waals surface area contributed by atoms with E-state index in [0.29, 0.717) is 92.1 Å². The van der Waals surface area contributed by atoms with Crippen LogP contribution in [0, 0.1) is 0 Å². The Bertz CT molecular complexity index is 2500. The molecule has 2 aromatic carbocycles. The molecule has 0 aliphatic carbocycles. The Kier molecular flexibility index (Phi) is 20.3. The number of aromatic nitrogens is 4. The zero-order valence-electron chi connectivity index (χ0n) is 42.7. The number of fused-ring (bicyclic) bond motifs is 2. The standard InChI is InChI=1S/C54H75N13O6S/c55-52-49-50(39-22-24-42(25-23-39)73-41-15-4-1-5-16-41)63-67(53(49)60-38-59-52)40-14-12-30-66(36-40)48(71)21-13-29-64-32-34-65(35-33-64)31-28-58-47(70)19-7-3-11-26-56-45(68)18-6-2-10-27-57-46(69)20-9-8-17-44-51-43(37-74-44)61-54(72)62-51/h1,4-5,13,15-16,21-25,38,40,43-44,51H,2-3,6-12,14,17-20,26-37H2,(H,56,68)(H,57,69)(H,58,70)(H2,55,59,60)(H2,61,62,72)/t40-,43?,44?,51?/m1/s1. The van der Waals surface area contributed by atoms with Crippen molar-refractivity contribution in [2.75, 3.05) is 83.5 Å². The van der Waals surface area contributed by atoms with Crippen molar-refractivity contribution in [3.63, 3.8) is 0 Å². The van der Waals surface area contributed by atoms with Gasteiger partial charge in [-0.3, -0.25) is 29.0 Å². The number of anilines is 1. The molecular weight excluding hydrogens is 959 g/mol. The number of carbonyl (C=O) groups is 5. The number of hydrogen-bond acceptors (Lipinski definition) is 13. The molecular formula is C54H75N13O6S.